The maximum atomic E-state index is 12.6. The minimum atomic E-state index is 0.167. The molecule has 118 valence electrons. The number of rotatable bonds is 8. The number of hydrogen-bond donors (Lipinski definition) is 3. The van der Waals surface area contributed by atoms with E-state index in [4.69, 9.17) is 0 Å². The lowest BCUT2D eigenvalue weighted by Crippen LogP contribution is -2.21. The molecule has 0 fully saturated rings. The number of hydrogen-bond acceptors (Lipinski definition) is 4. The van der Waals surface area contributed by atoms with E-state index in [1.807, 2.05) is 37.4 Å². The number of halogens is 1. The predicted octanol–water partition coefficient (Wildman–Crippen LogP) is 4.10. The van der Waals surface area contributed by atoms with Gasteiger partial charge in [-0.3, -0.25) is 4.94 Å². The summed E-state index contributed by atoms with van der Waals surface area (Å²) in [7, 11) is 1.94. The van der Waals surface area contributed by atoms with Crippen molar-refractivity contribution in [2.45, 2.75) is 19.4 Å². The van der Waals surface area contributed by atoms with Gasteiger partial charge in [0.1, 0.15) is 0 Å². The van der Waals surface area contributed by atoms with Crippen molar-refractivity contribution in [3.8, 4) is 5.75 Å². The predicted molar refractivity (Wildman–Crippen MR) is 89.5 cm³/mol. The fourth-order valence-electron chi connectivity index (χ4n) is 2.20. The molecule has 5 heteroatoms. The fraction of sp³-hybridized carbons (Fsp3) is 0.294. The molecule has 1 unspecified atom stereocenters. The Labute approximate surface area is 130 Å². The molecule has 0 bridgehead atoms. The van der Waals surface area contributed by atoms with E-state index in [0.717, 1.165) is 24.3 Å². The number of anilines is 3. The highest BCUT2D eigenvalue weighted by Gasteiger charge is 2.09. The SMILES string of the molecule is CNCCC(C)Nc1ccccc1Nc1ccccc1OF. The summed E-state index contributed by atoms with van der Waals surface area (Å²) < 4.78 is 12.6. The van der Waals surface area contributed by atoms with E-state index in [9.17, 15) is 4.53 Å². The molecule has 4 nitrogen and oxygen atoms in total. The minimum Gasteiger partial charge on any atom is -0.381 e. The third-order valence-electron chi connectivity index (χ3n) is 3.40. The Morgan fingerprint density at radius 3 is 2.32 bits per heavy atom. The van der Waals surface area contributed by atoms with Crippen LogP contribution in [-0.4, -0.2) is 19.6 Å². The number of para-hydroxylation sites is 4. The molecule has 0 aliphatic rings. The molecular formula is C17H22FN3O. The number of nitrogens with one attached hydrogen (secondary N) is 3. The lowest BCUT2D eigenvalue weighted by molar-refractivity contribution is -0.00524. The molecule has 0 aliphatic heterocycles. The van der Waals surface area contributed by atoms with Crippen LogP contribution in [-0.2, 0) is 0 Å². The molecule has 0 radical (unpaired) electrons. The van der Waals surface area contributed by atoms with Gasteiger partial charge >= 0.3 is 0 Å². The molecule has 2 aromatic carbocycles. The molecule has 3 N–H and O–H groups in total. The Bertz CT molecular complexity index is 592. The van der Waals surface area contributed by atoms with Crippen molar-refractivity contribution in [2.24, 2.45) is 0 Å². The van der Waals surface area contributed by atoms with Crippen LogP contribution >= 0.6 is 0 Å². The van der Waals surface area contributed by atoms with E-state index in [1.54, 1.807) is 18.2 Å². The zero-order valence-electron chi connectivity index (χ0n) is 12.9. The minimum absolute atomic E-state index is 0.167. The lowest BCUT2D eigenvalue weighted by atomic mass is 10.2. The van der Waals surface area contributed by atoms with Crippen molar-refractivity contribution in [3.63, 3.8) is 0 Å². The highest BCUT2D eigenvalue weighted by Crippen LogP contribution is 2.31. The molecule has 0 aliphatic carbocycles. The second-order valence-electron chi connectivity index (χ2n) is 5.18. The van der Waals surface area contributed by atoms with Gasteiger partial charge in [0.25, 0.3) is 0 Å². The van der Waals surface area contributed by atoms with Crippen LogP contribution < -0.4 is 20.9 Å². The highest BCUT2D eigenvalue weighted by molar-refractivity contribution is 5.76. The van der Waals surface area contributed by atoms with Gasteiger partial charge in [-0.05, 0) is 51.2 Å². The Kier molecular flexibility index (Phi) is 6.03. The summed E-state index contributed by atoms with van der Waals surface area (Å²) in [6.07, 6.45) is 1.01. The van der Waals surface area contributed by atoms with E-state index in [0.29, 0.717) is 11.7 Å². The maximum Gasteiger partial charge on any atom is 0.195 e. The lowest BCUT2D eigenvalue weighted by Gasteiger charge is -2.19. The van der Waals surface area contributed by atoms with E-state index in [-0.39, 0.29) is 5.75 Å². The van der Waals surface area contributed by atoms with Gasteiger partial charge in [-0.25, -0.2) is 0 Å². The first-order chi connectivity index (χ1) is 10.7. The molecular weight excluding hydrogens is 281 g/mol. The second kappa shape index (κ2) is 8.24. The Hall–Kier alpha value is -2.27. The summed E-state index contributed by atoms with van der Waals surface area (Å²) in [5.74, 6) is 0.167. The first-order valence-corrected chi connectivity index (χ1v) is 7.39. The van der Waals surface area contributed by atoms with Crippen LogP contribution in [0.25, 0.3) is 0 Å². The van der Waals surface area contributed by atoms with Gasteiger partial charge in [0.2, 0.25) is 0 Å². The standard InChI is InChI=1S/C17H22FN3O/c1-13(11-12-19-2)20-14-7-3-4-8-15(14)21-16-9-5-6-10-17(16)22-18/h3-10,13,19-21H,11-12H2,1-2H3. The van der Waals surface area contributed by atoms with Crippen molar-refractivity contribution in [1.29, 1.82) is 0 Å². The zero-order valence-corrected chi connectivity index (χ0v) is 12.9. The van der Waals surface area contributed by atoms with Gasteiger partial charge < -0.3 is 16.0 Å². The summed E-state index contributed by atoms with van der Waals surface area (Å²) in [6.45, 7) is 3.08. The molecule has 1 atom stereocenters. The van der Waals surface area contributed by atoms with Gasteiger partial charge in [-0.15, -0.1) is 0 Å². The second-order valence-corrected chi connectivity index (χ2v) is 5.18. The van der Waals surface area contributed by atoms with Gasteiger partial charge in [0.15, 0.2) is 5.75 Å². The molecule has 0 saturated carbocycles. The monoisotopic (exact) mass is 303 g/mol. The Morgan fingerprint density at radius 1 is 1.00 bits per heavy atom. The molecule has 22 heavy (non-hydrogen) atoms. The van der Waals surface area contributed by atoms with Crippen molar-refractivity contribution in [1.82, 2.24) is 5.32 Å². The normalized spacial score (nSPS) is 11.8. The Morgan fingerprint density at radius 2 is 1.64 bits per heavy atom. The summed E-state index contributed by atoms with van der Waals surface area (Å²) in [5, 5.41) is 9.82. The summed E-state index contributed by atoms with van der Waals surface area (Å²) in [5.41, 5.74) is 2.44. The van der Waals surface area contributed by atoms with Crippen LogP contribution in [0.2, 0.25) is 0 Å². The average Bonchev–Trinajstić information content (AvgIpc) is 2.55. The maximum absolute atomic E-state index is 12.6. The van der Waals surface area contributed by atoms with Crippen LogP contribution in [0.1, 0.15) is 13.3 Å². The zero-order chi connectivity index (χ0) is 15.8. The largest absolute Gasteiger partial charge is 0.381 e. The third kappa shape index (κ3) is 4.36. The van der Waals surface area contributed by atoms with Gasteiger partial charge in [-0.2, -0.15) is 0 Å². The van der Waals surface area contributed by atoms with Crippen molar-refractivity contribution in [2.75, 3.05) is 24.2 Å². The summed E-state index contributed by atoms with van der Waals surface area (Å²) in [6, 6.07) is 15.1. The smallest absolute Gasteiger partial charge is 0.195 e. The third-order valence-corrected chi connectivity index (χ3v) is 3.40. The van der Waals surface area contributed by atoms with Crippen molar-refractivity contribution < 1.29 is 9.47 Å². The molecule has 0 aromatic heterocycles. The summed E-state index contributed by atoms with van der Waals surface area (Å²) >= 11 is 0. The quantitative estimate of drug-likeness (QED) is 0.687. The molecule has 2 aromatic rings. The molecule has 0 heterocycles. The van der Waals surface area contributed by atoms with Crippen LogP contribution in [0, 0.1) is 0 Å². The fourth-order valence-corrected chi connectivity index (χ4v) is 2.20. The first kappa shape index (κ1) is 16.1. The van der Waals surface area contributed by atoms with E-state index in [1.165, 1.54) is 0 Å². The molecule has 2 rings (SSSR count). The highest BCUT2D eigenvalue weighted by atomic mass is 19.3. The van der Waals surface area contributed by atoms with E-state index < -0.39 is 0 Å². The molecule has 0 amide bonds. The molecule has 0 saturated heterocycles. The van der Waals surface area contributed by atoms with E-state index in [2.05, 4.69) is 27.8 Å². The van der Waals surface area contributed by atoms with Crippen LogP contribution in [0.15, 0.2) is 48.5 Å². The van der Waals surface area contributed by atoms with Gasteiger partial charge in [0, 0.05) is 10.6 Å². The number of benzene rings is 2. The van der Waals surface area contributed by atoms with Crippen molar-refractivity contribution in [3.05, 3.63) is 48.5 Å². The topological polar surface area (TPSA) is 45.3 Å². The summed E-state index contributed by atoms with van der Waals surface area (Å²) in [4.78, 5) is 3.90. The van der Waals surface area contributed by atoms with Crippen LogP contribution in [0.3, 0.4) is 0 Å². The van der Waals surface area contributed by atoms with Crippen molar-refractivity contribution >= 4 is 17.1 Å². The molecule has 0 spiro atoms. The Balaban J connectivity index is 2.14. The van der Waals surface area contributed by atoms with Gasteiger partial charge in [0.05, 0.1) is 17.1 Å². The average molecular weight is 303 g/mol. The van der Waals surface area contributed by atoms with E-state index >= 15 is 0 Å². The van der Waals surface area contributed by atoms with Gasteiger partial charge in [-0.1, -0.05) is 24.3 Å². The van der Waals surface area contributed by atoms with Crippen LogP contribution in [0.4, 0.5) is 21.6 Å². The van der Waals surface area contributed by atoms with Crippen LogP contribution in [0.5, 0.6) is 5.75 Å². The first-order valence-electron chi connectivity index (χ1n) is 7.39.